The van der Waals surface area contributed by atoms with Gasteiger partial charge in [-0.25, -0.2) is 0 Å². The van der Waals surface area contributed by atoms with Gasteiger partial charge >= 0.3 is 0 Å². The second-order valence-corrected chi connectivity index (χ2v) is 5.95. The summed E-state index contributed by atoms with van der Waals surface area (Å²) in [5.74, 6) is 0.547. The summed E-state index contributed by atoms with van der Waals surface area (Å²) in [6, 6.07) is 15.1. The summed E-state index contributed by atoms with van der Waals surface area (Å²) in [5, 5.41) is 8.24. The lowest BCUT2D eigenvalue weighted by Crippen LogP contribution is -2.11. The molecule has 0 fully saturated rings. The molecule has 2 aromatic heterocycles. The second kappa shape index (κ2) is 5.27. The number of aromatic amines is 1. The number of hydrogen-bond acceptors (Lipinski definition) is 4. The van der Waals surface area contributed by atoms with E-state index in [1.807, 2.05) is 48.5 Å². The fourth-order valence-corrected chi connectivity index (χ4v) is 3.31. The van der Waals surface area contributed by atoms with Crippen LogP contribution in [0.4, 0.5) is 0 Å². The first kappa shape index (κ1) is 13.9. The molecule has 0 amide bonds. The van der Waals surface area contributed by atoms with Gasteiger partial charge in [0.05, 0.1) is 16.8 Å². The molecule has 0 bridgehead atoms. The Morgan fingerprint density at radius 2 is 1.76 bits per heavy atom. The lowest BCUT2D eigenvalue weighted by molar-refractivity contribution is 0.103. The predicted octanol–water partition coefficient (Wildman–Crippen LogP) is 3.75. The minimum atomic E-state index is -0.0279. The van der Waals surface area contributed by atoms with E-state index >= 15 is 0 Å². The van der Waals surface area contributed by atoms with E-state index < -0.39 is 0 Å². The van der Waals surface area contributed by atoms with Gasteiger partial charge in [0.15, 0.2) is 5.78 Å². The van der Waals surface area contributed by atoms with Crippen molar-refractivity contribution in [3.8, 4) is 17.0 Å². The Morgan fingerprint density at radius 1 is 0.960 bits per heavy atom. The van der Waals surface area contributed by atoms with Crippen LogP contribution in [0.1, 0.15) is 21.5 Å². The Bertz CT molecular complexity index is 1120. The lowest BCUT2D eigenvalue weighted by Gasteiger charge is -2.18. The Morgan fingerprint density at radius 3 is 2.60 bits per heavy atom. The van der Waals surface area contributed by atoms with Crippen molar-refractivity contribution in [2.24, 2.45) is 0 Å². The maximum Gasteiger partial charge on any atom is 0.198 e. The van der Waals surface area contributed by atoms with Crippen molar-refractivity contribution < 1.29 is 9.53 Å². The molecule has 0 saturated carbocycles. The average molecular weight is 327 g/mol. The summed E-state index contributed by atoms with van der Waals surface area (Å²) < 4.78 is 5.98. The highest BCUT2D eigenvalue weighted by molar-refractivity contribution is 6.26. The number of carbonyl (C=O) groups is 1. The SMILES string of the molecule is O=C1c2ccccc2-c2[nH]nc3ccc(OCc4ccncc4)c1c23. The third-order valence-electron chi connectivity index (χ3n) is 4.50. The average Bonchev–Trinajstić information content (AvgIpc) is 3.10. The molecule has 2 heterocycles. The normalized spacial score (nSPS) is 12.2. The number of benzene rings is 2. The van der Waals surface area contributed by atoms with Crippen molar-refractivity contribution in [1.82, 2.24) is 15.2 Å². The van der Waals surface area contributed by atoms with Gasteiger partial charge in [-0.3, -0.25) is 14.9 Å². The van der Waals surface area contributed by atoms with Crippen LogP contribution < -0.4 is 4.74 Å². The quantitative estimate of drug-likeness (QED) is 0.548. The fraction of sp³-hybridized carbons (Fsp3) is 0.0500. The molecule has 120 valence electrons. The first-order valence-electron chi connectivity index (χ1n) is 8.00. The number of nitrogens with one attached hydrogen (secondary N) is 1. The monoisotopic (exact) mass is 327 g/mol. The van der Waals surface area contributed by atoms with E-state index in [4.69, 9.17) is 4.74 Å². The van der Waals surface area contributed by atoms with Crippen molar-refractivity contribution >= 4 is 16.7 Å². The highest BCUT2D eigenvalue weighted by Gasteiger charge is 2.29. The minimum Gasteiger partial charge on any atom is -0.488 e. The van der Waals surface area contributed by atoms with Crippen LogP contribution in [0.5, 0.6) is 5.75 Å². The molecule has 0 spiro atoms. The van der Waals surface area contributed by atoms with Gasteiger partial charge < -0.3 is 4.74 Å². The molecule has 5 nitrogen and oxygen atoms in total. The number of carbonyl (C=O) groups excluding carboxylic acids is 1. The molecular formula is C20H13N3O2. The molecule has 0 saturated heterocycles. The van der Waals surface area contributed by atoms with Gasteiger partial charge in [0.1, 0.15) is 12.4 Å². The number of pyridine rings is 1. The van der Waals surface area contributed by atoms with Gasteiger partial charge in [-0.2, -0.15) is 5.10 Å². The van der Waals surface area contributed by atoms with Gasteiger partial charge in [-0.15, -0.1) is 0 Å². The highest BCUT2D eigenvalue weighted by atomic mass is 16.5. The molecule has 4 aromatic rings. The third-order valence-corrected chi connectivity index (χ3v) is 4.50. The van der Waals surface area contributed by atoms with E-state index in [0.717, 1.165) is 27.7 Å². The number of H-pyrrole nitrogens is 1. The van der Waals surface area contributed by atoms with Gasteiger partial charge in [-0.1, -0.05) is 24.3 Å². The summed E-state index contributed by atoms with van der Waals surface area (Å²) >= 11 is 0. The molecule has 5 rings (SSSR count). The van der Waals surface area contributed by atoms with E-state index in [1.54, 1.807) is 12.4 Å². The van der Waals surface area contributed by atoms with E-state index in [2.05, 4.69) is 15.2 Å². The standard InChI is InChI=1S/C20H13N3O2/c24-20-14-4-2-1-3-13(14)19-17-15(22-23-19)5-6-16(18(17)20)25-11-12-7-9-21-10-8-12/h1-10H,11H2,(H,22,23). The highest BCUT2D eigenvalue weighted by Crippen LogP contribution is 2.41. The molecule has 0 radical (unpaired) electrons. The molecular weight excluding hydrogens is 314 g/mol. The maximum absolute atomic E-state index is 13.1. The van der Waals surface area contributed by atoms with Crippen LogP contribution in [-0.2, 0) is 6.61 Å². The predicted molar refractivity (Wildman–Crippen MR) is 93.5 cm³/mol. The number of fused-ring (bicyclic) bond motifs is 2. The van der Waals surface area contributed by atoms with E-state index in [-0.39, 0.29) is 5.78 Å². The zero-order valence-electron chi connectivity index (χ0n) is 13.2. The van der Waals surface area contributed by atoms with Crippen molar-refractivity contribution in [3.63, 3.8) is 0 Å². The van der Waals surface area contributed by atoms with Gasteiger partial charge in [0.2, 0.25) is 0 Å². The molecule has 1 aliphatic rings. The number of ether oxygens (including phenoxy) is 1. The molecule has 25 heavy (non-hydrogen) atoms. The topological polar surface area (TPSA) is 67.9 Å². The number of aromatic nitrogens is 3. The van der Waals surface area contributed by atoms with Crippen LogP contribution in [-0.4, -0.2) is 21.0 Å². The smallest absolute Gasteiger partial charge is 0.198 e. The molecule has 0 aliphatic heterocycles. The Balaban J connectivity index is 1.66. The number of hydrogen-bond donors (Lipinski definition) is 1. The van der Waals surface area contributed by atoms with E-state index in [9.17, 15) is 4.79 Å². The van der Waals surface area contributed by atoms with Crippen LogP contribution >= 0.6 is 0 Å². The first-order valence-corrected chi connectivity index (χ1v) is 8.00. The lowest BCUT2D eigenvalue weighted by atomic mass is 9.87. The second-order valence-electron chi connectivity index (χ2n) is 5.95. The van der Waals surface area contributed by atoms with Crippen LogP contribution in [0.15, 0.2) is 60.9 Å². The number of rotatable bonds is 3. The molecule has 1 aliphatic carbocycles. The number of nitrogens with zero attached hydrogens (tertiary/aromatic N) is 2. The van der Waals surface area contributed by atoms with E-state index in [1.165, 1.54) is 0 Å². The molecule has 0 atom stereocenters. The maximum atomic E-state index is 13.1. The largest absolute Gasteiger partial charge is 0.488 e. The fourth-order valence-electron chi connectivity index (χ4n) is 3.31. The summed E-state index contributed by atoms with van der Waals surface area (Å²) in [5.41, 5.74) is 4.76. The number of ketones is 1. The summed E-state index contributed by atoms with van der Waals surface area (Å²) in [6.07, 6.45) is 3.45. The molecule has 0 unspecified atom stereocenters. The zero-order valence-corrected chi connectivity index (χ0v) is 13.2. The molecule has 1 N–H and O–H groups in total. The van der Waals surface area contributed by atoms with Crippen molar-refractivity contribution in [2.75, 3.05) is 0 Å². The van der Waals surface area contributed by atoms with Crippen LogP contribution in [0.3, 0.4) is 0 Å². The van der Waals surface area contributed by atoms with Crippen LogP contribution in [0.25, 0.3) is 22.2 Å². The Kier molecular flexibility index (Phi) is 2.94. The molecule has 2 aromatic carbocycles. The summed E-state index contributed by atoms with van der Waals surface area (Å²) in [6.45, 7) is 0.378. The van der Waals surface area contributed by atoms with Crippen molar-refractivity contribution in [1.29, 1.82) is 0 Å². The van der Waals surface area contributed by atoms with Crippen LogP contribution in [0, 0.1) is 0 Å². The Labute approximate surface area is 143 Å². The zero-order chi connectivity index (χ0) is 16.8. The summed E-state index contributed by atoms with van der Waals surface area (Å²) in [7, 11) is 0. The Hall–Kier alpha value is -3.47. The first-order chi connectivity index (χ1) is 12.3. The third kappa shape index (κ3) is 2.06. The summed E-state index contributed by atoms with van der Waals surface area (Å²) in [4.78, 5) is 17.1. The van der Waals surface area contributed by atoms with Gasteiger partial charge in [0, 0.05) is 28.9 Å². The minimum absolute atomic E-state index is 0.0279. The van der Waals surface area contributed by atoms with Crippen molar-refractivity contribution in [3.05, 3.63) is 77.6 Å². The van der Waals surface area contributed by atoms with E-state index in [0.29, 0.717) is 23.5 Å². The van der Waals surface area contributed by atoms with Crippen molar-refractivity contribution in [2.45, 2.75) is 6.61 Å². The molecule has 5 heteroatoms. The van der Waals surface area contributed by atoms with Gasteiger partial charge in [-0.05, 0) is 29.8 Å². The van der Waals surface area contributed by atoms with Crippen LogP contribution in [0.2, 0.25) is 0 Å². The van der Waals surface area contributed by atoms with Gasteiger partial charge in [0.25, 0.3) is 0 Å².